The van der Waals surface area contributed by atoms with Crippen LogP contribution in [0.2, 0.25) is 0 Å². The van der Waals surface area contributed by atoms with Crippen LogP contribution in [0.1, 0.15) is 66.4 Å². The topological polar surface area (TPSA) is 50.2 Å². The van der Waals surface area contributed by atoms with Gasteiger partial charge in [-0.05, 0) is 19.8 Å². The largest absolute Gasteiger partial charge is 0.481 e. The van der Waals surface area contributed by atoms with Crippen LogP contribution in [0.15, 0.2) is 0 Å². The third-order valence-electron chi connectivity index (χ3n) is 3.68. The molecule has 1 aromatic heterocycles. The molecule has 0 aliphatic heterocycles. The third-order valence-corrected chi connectivity index (χ3v) is 5.00. The van der Waals surface area contributed by atoms with E-state index in [1.165, 1.54) is 50.0 Å². The molecule has 0 spiro atoms. The lowest BCUT2D eigenvalue weighted by Crippen LogP contribution is -2.01. The number of aromatic nitrogens is 1. The number of aliphatic carboxylic acids is 1. The monoisotopic (exact) mass is 267 g/mol. The Morgan fingerprint density at radius 3 is 2.50 bits per heavy atom. The summed E-state index contributed by atoms with van der Waals surface area (Å²) in [5.74, 6) is -0.192. The number of rotatable bonds is 3. The fourth-order valence-corrected chi connectivity index (χ4v) is 3.86. The molecule has 0 aromatic carbocycles. The van der Waals surface area contributed by atoms with Crippen LogP contribution in [0.25, 0.3) is 0 Å². The van der Waals surface area contributed by atoms with Crippen molar-refractivity contribution in [1.82, 2.24) is 4.98 Å². The Morgan fingerprint density at radius 2 is 1.89 bits per heavy atom. The third kappa shape index (κ3) is 3.55. The quantitative estimate of drug-likeness (QED) is 0.903. The van der Waals surface area contributed by atoms with Crippen molar-refractivity contribution in [2.45, 2.75) is 64.2 Å². The molecule has 1 aliphatic carbocycles. The summed E-state index contributed by atoms with van der Waals surface area (Å²) in [6, 6.07) is 0. The second kappa shape index (κ2) is 6.32. The second-order valence-corrected chi connectivity index (χ2v) is 6.29. The lowest BCUT2D eigenvalue weighted by atomic mass is 9.92. The zero-order chi connectivity index (χ0) is 13.0. The van der Waals surface area contributed by atoms with E-state index in [0.29, 0.717) is 5.92 Å². The maximum Gasteiger partial charge on any atom is 0.308 e. The van der Waals surface area contributed by atoms with Gasteiger partial charge in [0.05, 0.1) is 17.1 Å². The number of aryl methyl sites for hydroxylation is 1. The number of carboxylic acid groups (broad SMARTS) is 1. The zero-order valence-corrected chi connectivity index (χ0v) is 11.8. The Hall–Kier alpha value is -0.900. The molecule has 3 nitrogen and oxygen atoms in total. The summed E-state index contributed by atoms with van der Waals surface area (Å²) in [7, 11) is 0. The lowest BCUT2D eigenvalue weighted by molar-refractivity contribution is -0.136. The molecular weight excluding hydrogens is 246 g/mol. The van der Waals surface area contributed by atoms with Gasteiger partial charge in [0, 0.05) is 10.8 Å². The van der Waals surface area contributed by atoms with Gasteiger partial charge in [-0.25, -0.2) is 4.98 Å². The van der Waals surface area contributed by atoms with E-state index in [0.717, 1.165) is 10.6 Å². The molecule has 0 saturated heterocycles. The summed E-state index contributed by atoms with van der Waals surface area (Å²) >= 11 is 1.62. The van der Waals surface area contributed by atoms with E-state index >= 15 is 0 Å². The van der Waals surface area contributed by atoms with Gasteiger partial charge in [-0.3, -0.25) is 4.79 Å². The lowest BCUT2D eigenvalue weighted by Gasteiger charge is -2.17. The number of nitrogens with zero attached hydrogens (tertiary/aromatic N) is 1. The predicted octanol–water partition coefficient (Wildman–Crippen LogP) is 3.91. The first-order valence-electron chi connectivity index (χ1n) is 6.85. The average molecular weight is 267 g/mol. The minimum Gasteiger partial charge on any atom is -0.481 e. The maximum atomic E-state index is 10.8. The van der Waals surface area contributed by atoms with Gasteiger partial charge in [0.1, 0.15) is 0 Å². The SMILES string of the molecule is Cc1nc(C2CCCCCCC2)sc1CC(=O)O. The highest BCUT2D eigenvalue weighted by molar-refractivity contribution is 7.11. The Balaban J connectivity index is 2.08. The van der Waals surface area contributed by atoms with Crippen LogP contribution in [-0.2, 0) is 11.2 Å². The maximum absolute atomic E-state index is 10.8. The van der Waals surface area contributed by atoms with E-state index in [1.807, 2.05) is 6.92 Å². The van der Waals surface area contributed by atoms with Crippen molar-refractivity contribution in [3.05, 3.63) is 15.6 Å². The molecule has 4 heteroatoms. The predicted molar refractivity (Wildman–Crippen MR) is 73.3 cm³/mol. The number of hydrogen-bond donors (Lipinski definition) is 1. The zero-order valence-electron chi connectivity index (χ0n) is 10.9. The van der Waals surface area contributed by atoms with Crippen molar-refractivity contribution in [3.63, 3.8) is 0 Å². The Morgan fingerprint density at radius 1 is 1.28 bits per heavy atom. The summed E-state index contributed by atoms with van der Waals surface area (Å²) in [6.07, 6.45) is 9.18. The fraction of sp³-hybridized carbons (Fsp3) is 0.714. The highest BCUT2D eigenvalue weighted by atomic mass is 32.1. The highest BCUT2D eigenvalue weighted by Crippen LogP contribution is 2.34. The van der Waals surface area contributed by atoms with E-state index in [2.05, 4.69) is 4.98 Å². The van der Waals surface area contributed by atoms with Crippen LogP contribution in [0, 0.1) is 6.92 Å². The van der Waals surface area contributed by atoms with E-state index in [1.54, 1.807) is 11.3 Å². The van der Waals surface area contributed by atoms with Gasteiger partial charge >= 0.3 is 5.97 Å². The second-order valence-electron chi connectivity index (χ2n) is 5.17. The van der Waals surface area contributed by atoms with E-state index in [9.17, 15) is 4.79 Å². The molecule has 1 aliphatic rings. The molecule has 0 bridgehead atoms. The molecular formula is C14H21NO2S. The molecule has 1 aromatic rings. The first kappa shape index (κ1) is 13.5. The van der Waals surface area contributed by atoms with E-state index in [-0.39, 0.29) is 6.42 Å². The molecule has 1 fully saturated rings. The number of carboxylic acids is 1. The average Bonchev–Trinajstić information content (AvgIpc) is 2.58. The minimum atomic E-state index is -0.758. The van der Waals surface area contributed by atoms with Gasteiger partial charge in [0.25, 0.3) is 0 Å². The highest BCUT2D eigenvalue weighted by Gasteiger charge is 2.19. The number of thiazole rings is 1. The van der Waals surface area contributed by atoms with Gasteiger partial charge in [0.2, 0.25) is 0 Å². The van der Waals surface area contributed by atoms with Gasteiger partial charge in [0.15, 0.2) is 0 Å². The number of hydrogen-bond acceptors (Lipinski definition) is 3. The van der Waals surface area contributed by atoms with Crippen molar-refractivity contribution in [3.8, 4) is 0 Å². The summed E-state index contributed by atoms with van der Waals surface area (Å²) in [5.41, 5.74) is 0.916. The Labute approximate surface area is 112 Å². The summed E-state index contributed by atoms with van der Waals surface area (Å²) < 4.78 is 0. The van der Waals surface area contributed by atoms with Crippen LogP contribution < -0.4 is 0 Å². The van der Waals surface area contributed by atoms with Crippen LogP contribution >= 0.6 is 11.3 Å². The van der Waals surface area contributed by atoms with Crippen molar-refractivity contribution in [1.29, 1.82) is 0 Å². The molecule has 18 heavy (non-hydrogen) atoms. The Bertz CT molecular complexity index is 406. The summed E-state index contributed by atoms with van der Waals surface area (Å²) in [5, 5.41) is 10.0. The molecule has 2 rings (SSSR count). The van der Waals surface area contributed by atoms with Crippen LogP contribution in [0.4, 0.5) is 0 Å². The van der Waals surface area contributed by atoms with Crippen LogP contribution in [0.3, 0.4) is 0 Å². The van der Waals surface area contributed by atoms with Crippen LogP contribution in [-0.4, -0.2) is 16.1 Å². The standard InChI is InChI=1S/C14H21NO2S/c1-10-12(9-13(16)17)18-14(15-10)11-7-5-3-2-4-6-8-11/h11H,2-9H2,1H3,(H,16,17). The molecule has 1 saturated carbocycles. The van der Waals surface area contributed by atoms with Crippen molar-refractivity contribution >= 4 is 17.3 Å². The minimum absolute atomic E-state index is 0.121. The van der Waals surface area contributed by atoms with Crippen molar-refractivity contribution in [2.24, 2.45) is 0 Å². The van der Waals surface area contributed by atoms with Gasteiger partial charge in [-0.2, -0.15) is 0 Å². The molecule has 1 heterocycles. The van der Waals surface area contributed by atoms with Gasteiger partial charge in [-0.15, -0.1) is 11.3 Å². The molecule has 0 atom stereocenters. The van der Waals surface area contributed by atoms with Crippen LogP contribution in [0.5, 0.6) is 0 Å². The summed E-state index contributed by atoms with van der Waals surface area (Å²) in [6.45, 7) is 1.93. The normalized spacial score (nSPS) is 18.3. The molecule has 0 amide bonds. The fourth-order valence-electron chi connectivity index (χ4n) is 2.63. The summed E-state index contributed by atoms with van der Waals surface area (Å²) in [4.78, 5) is 16.3. The van der Waals surface area contributed by atoms with Crippen molar-refractivity contribution < 1.29 is 9.90 Å². The molecule has 1 N–H and O–H groups in total. The first-order valence-corrected chi connectivity index (χ1v) is 7.66. The first-order chi connectivity index (χ1) is 8.66. The molecule has 100 valence electrons. The van der Waals surface area contributed by atoms with Gasteiger partial charge < -0.3 is 5.11 Å². The smallest absolute Gasteiger partial charge is 0.308 e. The van der Waals surface area contributed by atoms with Gasteiger partial charge in [-0.1, -0.05) is 32.1 Å². The molecule has 0 radical (unpaired) electrons. The number of carbonyl (C=O) groups is 1. The Kier molecular flexibility index (Phi) is 4.75. The molecule has 0 unspecified atom stereocenters. The van der Waals surface area contributed by atoms with Crippen molar-refractivity contribution in [2.75, 3.05) is 0 Å². The van der Waals surface area contributed by atoms with E-state index in [4.69, 9.17) is 5.11 Å². The van der Waals surface area contributed by atoms with E-state index < -0.39 is 5.97 Å².